The predicted octanol–water partition coefficient (Wildman–Crippen LogP) is 11.7. The van der Waals surface area contributed by atoms with Crippen LogP contribution in [0.25, 0.3) is 86.7 Å². The van der Waals surface area contributed by atoms with Crippen LogP contribution in [-0.2, 0) is 0 Å². The fourth-order valence-corrected chi connectivity index (χ4v) is 8.77. The van der Waals surface area contributed by atoms with E-state index in [0.717, 1.165) is 11.3 Å². The van der Waals surface area contributed by atoms with Crippen molar-refractivity contribution < 1.29 is 0 Å². The fourth-order valence-electron chi connectivity index (χ4n) is 8.77. The Kier molecular flexibility index (Phi) is 7.97. The SMILES string of the molecule is C1=CC2=NC3=NC(=NC4=NC(=NC5=NC(=NC1=N2)C=C5)C=C4)C=C3.c1ccc2cc3cc4cc5c(ccc6cc7cc8cccc(-c9cnccn9)c8cc7cc65)cc4cc3cc2c1. The van der Waals surface area contributed by atoms with Crippen LogP contribution in [0.4, 0.5) is 0 Å². The van der Waals surface area contributed by atoms with Gasteiger partial charge >= 0.3 is 0 Å². The number of fused-ring (bicyclic) bond motifs is 12. The molecule has 0 aliphatic carbocycles. The molecule has 10 nitrogen and oxygen atoms in total. The van der Waals surface area contributed by atoms with Gasteiger partial charge in [0.05, 0.1) is 11.9 Å². The van der Waals surface area contributed by atoms with Gasteiger partial charge in [-0.3, -0.25) is 9.97 Å². The minimum Gasteiger partial charge on any atom is -0.261 e. The third kappa shape index (κ3) is 6.45. The largest absolute Gasteiger partial charge is 0.261 e. The summed E-state index contributed by atoms with van der Waals surface area (Å²) in [5.74, 6) is 4.30. The molecule has 0 atom stereocenters. The van der Waals surface area contributed by atoms with Crippen molar-refractivity contribution in [2.24, 2.45) is 39.9 Å². The van der Waals surface area contributed by atoms with Gasteiger partial charge in [0, 0.05) is 18.0 Å². The van der Waals surface area contributed by atoms with Crippen molar-refractivity contribution >= 4 is 122 Å². The van der Waals surface area contributed by atoms with Gasteiger partial charge in [0.15, 0.2) is 46.7 Å². The van der Waals surface area contributed by atoms with E-state index in [1.165, 1.54) is 75.4 Å². The molecule has 10 heteroatoms. The van der Waals surface area contributed by atoms with Crippen LogP contribution >= 0.6 is 0 Å². The second kappa shape index (κ2) is 14.3. The van der Waals surface area contributed by atoms with Crippen LogP contribution < -0.4 is 0 Å². The van der Waals surface area contributed by atoms with Crippen molar-refractivity contribution in [2.45, 2.75) is 0 Å². The summed E-state index contributed by atoms with van der Waals surface area (Å²) in [5, 5.41) is 17.6. The molecule has 0 saturated carbocycles. The lowest BCUT2D eigenvalue weighted by Gasteiger charge is -2.12. The van der Waals surface area contributed by atoms with Gasteiger partial charge in [-0.05, 0) is 185 Å². The van der Waals surface area contributed by atoms with E-state index >= 15 is 0 Å². The second-order valence-corrected chi connectivity index (χ2v) is 15.9. The molecule has 8 aromatic carbocycles. The lowest BCUT2D eigenvalue weighted by atomic mass is 9.93. The van der Waals surface area contributed by atoms with E-state index < -0.39 is 0 Å². The standard InChI is InChI=1S/C38H22N2.C16H8N8/c1-2-5-24-13-29-18-32-19-36-27(16-31(32)17-28(29)12-23(24)4-1)9-8-26-15-30-14-25-6-3-7-34(38-22-39-10-11-40-38)35(25)20-33(30)21-37(26)36;1-2-10-17-9(1)21-11-3-4-13(18-11)23-15-7-8-16(20-15)24-14-6-5-12(19-14)22-10/h1-22H;1-8H. The molecule has 0 radical (unpaired) electrons. The maximum atomic E-state index is 4.57. The van der Waals surface area contributed by atoms with E-state index in [1.807, 2.05) is 6.20 Å². The molecule has 1 aromatic heterocycles. The normalized spacial score (nSPS) is 16.0. The van der Waals surface area contributed by atoms with Crippen molar-refractivity contribution in [3.63, 3.8) is 0 Å². The highest BCUT2D eigenvalue weighted by atomic mass is 15.1. The van der Waals surface area contributed by atoms with Crippen molar-refractivity contribution in [2.75, 3.05) is 0 Å². The van der Waals surface area contributed by atoms with Crippen molar-refractivity contribution in [3.05, 3.63) is 182 Å². The number of benzene rings is 8. The lowest BCUT2D eigenvalue weighted by Crippen LogP contribution is -1.98. The zero-order valence-corrected chi connectivity index (χ0v) is 33.8. The van der Waals surface area contributed by atoms with Gasteiger partial charge in [0.25, 0.3) is 0 Å². The Morgan fingerprint density at radius 3 is 1.03 bits per heavy atom. The van der Waals surface area contributed by atoms with Crippen molar-refractivity contribution in [3.8, 4) is 11.3 Å². The third-order valence-corrected chi connectivity index (χ3v) is 11.8. The van der Waals surface area contributed by atoms with Gasteiger partial charge in [-0.15, -0.1) is 0 Å². The number of amidine groups is 8. The molecule has 0 spiro atoms. The Morgan fingerprint density at radius 2 is 0.609 bits per heavy atom. The molecule has 5 aliphatic rings. The first-order valence-corrected chi connectivity index (χ1v) is 20.8. The highest BCUT2D eigenvalue weighted by molar-refractivity contribution is 6.28. The molecule has 0 saturated heterocycles. The van der Waals surface area contributed by atoms with Gasteiger partial charge in [-0.1, -0.05) is 54.6 Å². The summed E-state index contributed by atoms with van der Waals surface area (Å²) in [7, 11) is 0. The summed E-state index contributed by atoms with van der Waals surface area (Å²) in [6, 6.07) is 42.9. The molecule has 64 heavy (non-hydrogen) atoms. The van der Waals surface area contributed by atoms with Crippen LogP contribution in [-0.4, -0.2) is 56.7 Å². The first-order valence-electron chi connectivity index (χ1n) is 20.8. The Labute approximate surface area is 364 Å². The Bertz CT molecular complexity index is 3800. The number of nitrogens with zero attached hydrogens (tertiary/aromatic N) is 10. The summed E-state index contributed by atoms with van der Waals surface area (Å²) in [5.41, 5.74) is 2.00. The molecular formula is C54H30N10. The number of hydrogen-bond acceptors (Lipinski definition) is 10. The molecule has 0 N–H and O–H groups in total. The van der Waals surface area contributed by atoms with E-state index in [9.17, 15) is 0 Å². The quantitative estimate of drug-likeness (QED) is 0.121. The molecule has 0 amide bonds. The molecular weight excluding hydrogens is 789 g/mol. The van der Waals surface area contributed by atoms with E-state index in [1.54, 1.807) is 61.0 Å². The van der Waals surface area contributed by atoms with Gasteiger partial charge in [0.2, 0.25) is 0 Å². The molecule has 9 aromatic rings. The second-order valence-electron chi connectivity index (χ2n) is 15.9. The Balaban J connectivity index is 0.000000147. The minimum absolute atomic E-state index is 0.538. The van der Waals surface area contributed by atoms with E-state index in [-0.39, 0.29) is 0 Å². The molecule has 6 heterocycles. The molecule has 0 unspecified atom stereocenters. The first kappa shape index (κ1) is 35.7. The molecule has 8 bridgehead atoms. The zero-order valence-electron chi connectivity index (χ0n) is 33.8. The number of aromatic nitrogens is 2. The highest BCUT2D eigenvalue weighted by Crippen LogP contribution is 2.37. The molecule has 5 aliphatic heterocycles. The van der Waals surface area contributed by atoms with Crippen LogP contribution in [0.3, 0.4) is 0 Å². The van der Waals surface area contributed by atoms with Crippen LogP contribution in [0.15, 0.2) is 222 Å². The third-order valence-electron chi connectivity index (χ3n) is 11.8. The predicted molar refractivity (Wildman–Crippen MR) is 266 cm³/mol. The Morgan fingerprint density at radius 1 is 0.266 bits per heavy atom. The maximum Gasteiger partial charge on any atom is 0.156 e. The van der Waals surface area contributed by atoms with Gasteiger partial charge in [-0.25, -0.2) is 39.9 Å². The van der Waals surface area contributed by atoms with Crippen LogP contribution in [0, 0.1) is 0 Å². The molecule has 296 valence electrons. The van der Waals surface area contributed by atoms with Gasteiger partial charge in [-0.2, -0.15) is 0 Å². The first-order chi connectivity index (χ1) is 31.6. The number of aliphatic imine (C=N–C) groups is 8. The van der Waals surface area contributed by atoms with Crippen LogP contribution in [0.5, 0.6) is 0 Å². The van der Waals surface area contributed by atoms with E-state index in [4.69, 9.17) is 0 Å². The summed E-state index contributed by atoms with van der Waals surface area (Å²) in [6.45, 7) is 0. The monoisotopic (exact) mass is 818 g/mol. The van der Waals surface area contributed by atoms with Gasteiger partial charge < -0.3 is 0 Å². The minimum atomic E-state index is 0.538. The molecule has 0 fully saturated rings. The van der Waals surface area contributed by atoms with Crippen LogP contribution in [0.2, 0.25) is 0 Å². The van der Waals surface area contributed by atoms with Crippen molar-refractivity contribution in [1.29, 1.82) is 0 Å². The Hall–Kier alpha value is -9.02. The zero-order chi connectivity index (χ0) is 42.1. The van der Waals surface area contributed by atoms with E-state index in [0.29, 0.717) is 46.7 Å². The van der Waals surface area contributed by atoms with Crippen LogP contribution in [0.1, 0.15) is 0 Å². The number of hydrogen-bond donors (Lipinski definition) is 0. The lowest BCUT2D eigenvalue weighted by molar-refractivity contribution is 1.21. The van der Waals surface area contributed by atoms with Crippen molar-refractivity contribution in [1.82, 2.24) is 9.97 Å². The number of rotatable bonds is 1. The summed E-state index contributed by atoms with van der Waals surface area (Å²) < 4.78 is 0. The smallest absolute Gasteiger partial charge is 0.156 e. The average Bonchev–Trinajstić information content (AvgIpc) is 4.16. The fraction of sp³-hybridized carbons (Fsp3) is 0. The molecule has 14 rings (SSSR count). The summed E-state index contributed by atoms with van der Waals surface area (Å²) in [6.07, 6.45) is 19.5. The summed E-state index contributed by atoms with van der Waals surface area (Å²) in [4.78, 5) is 43.7. The topological polar surface area (TPSA) is 125 Å². The van der Waals surface area contributed by atoms with E-state index in [2.05, 4.69) is 165 Å². The highest BCUT2D eigenvalue weighted by Gasteiger charge is 2.15. The summed E-state index contributed by atoms with van der Waals surface area (Å²) >= 11 is 0. The maximum absolute atomic E-state index is 4.57. The average molecular weight is 819 g/mol. The van der Waals surface area contributed by atoms with Gasteiger partial charge in [0.1, 0.15) is 0 Å².